The van der Waals surface area contributed by atoms with Crippen LogP contribution in [0.5, 0.6) is 0 Å². The second kappa shape index (κ2) is 13.9. The Morgan fingerprint density at radius 2 is 0.964 bits per heavy atom. The Morgan fingerprint density at radius 1 is 0.607 bits per heavy atom. The quantitative estimate of drug-likeness (QED) is 0.129. The van der Waals surface area contributed by atoms with Gasteiger partial charge < -0.3 is 0 Å². The van der Waals surface area contributed by atoms with Crippen molar-refractivity contribution < 1.29 is 15.7 Å². The molecule has 1 aliphatic rings. The number of unbranched alkanes of at least 4 members (excludes halogenated alkanes) is 10. The van der Waals surface area contributed by atoms with Crippen LogP contribution in [0.4, 0.5) is 0 Å². The molecule has 0 aromatic carbocycles. The first-order chi connectivity index (χ1) is 13.5. The molecule has 0 N–H and O–H groups in total. The molecular weight excluding hydrogens is 459 g/mol. The van der Waals surface area contributed by atoms with Crippen molar-refractivity contribution in [3.05, 3.63) is 0 Å². The molecule has 1 rings (SSSR count). The van der Waals surface area contributed by atoms with Gasteiger partial charge in [-0.25, -0.2) is 0 Å². The van der Waals surface area contributed by atoms with Gasteiger partial charge in [-0.3, -0.25) is 0 Å². The normalized spacial score (nSPS) is 18.0. The van der Waals surface area contributed by atoms with Crippen LogP contribution >= 0.6 is 0 Å². The van der Waals surface area contributed by atoms with Crippen LogP contribution in [0.15, 0.2) is 0 Å². The van der Waals surface area contributed by atoms with Gasteiger partial charge in [0.25, 0.3) is 0 Å². The van der Waals surface area contributed by atoms with E-state index in [-0.39, 0.29) is 11.9 Å². The summed E-state index contributed by atoms with van der Waals surface area (Å²) in [4.78, 5) is 25.8. The number of carbonyl (C=O) groups excluding carboxylic acids is 2. The van der Waals surface area contributed by atoms with Gasteiger partial charge in [0, 0.05) is 0 Å². The summed E-state index contributed by atoms with van der Waals surface area (Å²) in [6.07, 6.45) is 15.3. The molecule has 0 amide bonds. The molecule has 0 aromatic rings. The van der Waals surface area contributed by atoms with Gasteiger partial charge in [-0.1, -0.05) is 0 Å². The van der Waals surface area contributed by atoms with Gasteiger partial charge in [-0.15, -0.1) is 0 Å². The Hall–Kier alpha value is -0.261. The van der Waals surface area contributed by atoms with Crippen LogP contribution in [0.1, 0.15) is 118 Å². The third-order valence-electron chi connectivity index (χ3n) is 6.37. The number of carbonyl (C=O) groups is 2. The molecule has 0 radical (unpaired) electrons. The number of hydrogen-bond donors (Lipinski definition) is 0. The van der Waals surface area contributed by atoms with Crippen LogP contribution in [-0.4, -0.2) is 31.1 Å². The summed E-state index contributed by atoms with van der Waals surface area (Å²) in [6, 6.07) is 0. The molecule has 0 aliphatic carbocycles. The predicted molar refractivity (Wildman–Crippen MR) is 117 cm³/mol. The first-order valence-corrected chi connectivity index (χ1v) is 18.3. The fourth-order valence-corrected chi connectivity index (χ4v) is 13.7. The van der Waals surface area contributed by atoms with Crippen LogP contribution in [0, 0.1) is 5.41 Å². The topological polar surface area (TPSA) is 52.6 Å². The van der Waals surface area contributed by atoms with E-state index >= 15 is 0 Å². The summed E-state index contributed by atoms with van der Waals surface area (Å²) in [7, 11) is 0. The average molecular weight is 503 g/mol. The maximum absolute atomic E-state index is 12.9. The van der Waals surface area contributed by atoms with Gasteiger partial charge in [-0.2, -0.15) is 0 Å². The minimum atomic E-state index is -3.66. The Bertz CT molecular complexity index is 422. The monoisotopic (exact) mass is 504 g/mol. The van der Waals surface area contributed by atoms with Crippen molar-refractivity contribution in [1.82, 2.24) is 0 Å². The molecule has 0 spiro atoms. The van der Waals surface area contributed by atoms with E-state index in [9.17, 15) is 9.59 Å². The van der Waals surface area contributed by atoms with Crippen molar-refractivity contribution in [2.45, 2.75) is 126 Å². The van der Waals surface area contributed by atoms with Crippen molar-refractivity contribution in [3.63, 3.8) is 0 Å². The molecule has 0 bridgehead atoms. The number of rotatable bonds is 16. The van der Waals surface area contributed by atoms with Crippen molar-refractivity contribution in [2.75, 3.05) is 0 Å². The molecule has 1 aliphatic heterocycles. The summed E-state index contributed by atoms with van der Waals surface area (Å²) in [5, 5.41) is 0. The summed E-state index contributed by atoms with van der Waals surface area (Å²) in [5.41, 5.74) is -1.05. The Labute approximate surface area is 178 Å². The van der Waals surface area contributed by atoms with Crippen LogP contribution in [0.25, 0.3) is 0 Å². The van der Waals surface area contributed by atoms with Crippen molar-refractivity contribution >= 4 is 31.1 Å². The second-order valence-electron chi connectivity index (χ2n) is 8.51. The third kappa shape index (κ3) is 7.53. The molecule has 0 atom stereocenters. The SMILES string of the molecule is CCCCCCC[CH2][Sn]1([CH2]CCCCCCC)[O]C(=O)C(CC)(CC)C(=O)[O]1. The van der Waals surface area contributed by atoms with E-state index in [1.165, 1.54) is 51.4 Å². The van der Waals surface area contributed by atoms with Crippen LogP contribution < -0.4 is 0 Å². The van der Waals surface area contributed by atoms with Crippen LogP contribution in [-0.2, 0) is 15.7 Å². The molecule has 1 saturated heterocycles. The molecule has 0 unspecified atom stereocenters. The maximum atomic E-state index is 12.9. The molecule has 0 aromatic heterocycles. The van der Waals surface area contributed by atoms with Crippen molar-refractivity contribution in [2.24, 2.45) is 5.41 Å². The van der Waals surface area contributed by atoms with E-state index in [0.717, 1.165) is 34.6 Å². The fourth-order valence-electron chi connectivity index (χ4n) is 4.14. The zero-order valence-corrected chi connectivity index (χ0v) is 21.8. The fraction of sp³-hybridized carbons (Fsp3) is 0.913. The zero-order chi connectivity index (χ0) is 20.9. The second-order valence-corrected chi connectivity index (χ2v) is 17.7. The molecule has 5 heteroatoms. The van der Waals surface area contributed by atoms with E-state index in [4.69, 9.17) is 6.15 Å². The first-order valence-electron chi connectivity index (χ1n) is 12.0. The van der Waals surface area contributed by atoms with E-state index in [1.807, 2.05) is 13.8 Å². The molecule has 28 heavy (non-hydrogen) atoms. The van der Waals surface area contributed by atoms with E-state index in [1.54, 1.807) is 0 Å². The molecule has 1 heterocycles. The van der Waals surface area contributed by atoms with E-state index < -0.39 is 24.6 Å². The Balaban J connectivity index is 2.67. The van der Waals surface area contributed by atoms with Crippen molar-refractivity contribution in [3.8, 4) is 0 Å². The van der Waals surface area contributed by atoms with Gasteiger partial charge in [0.05, 0.1) is 0 Å². The standard InChI is InChI=1S/2C8H17.C7H12O4.Sn/c2*1-3-5-7-8-6-4-2;1-3-7(4-2,5(8)9)6(10)11;/h2*1,3-8H2,2H3;3-4H2,1-2H3,(H,8,9)(H,10,11);/q;;;+2/p-2. The predicted octanol–water partition coefficient (Wildman–Crippen LogP) is 7.06. The Kier molecular flexibility index (Phi) is 12.8. The van der Waals surface area contributed by atoms with Gasteiger partial charge in [0.2, 0.25) is 0 Å². The zero-order valence-electron chi connectivity index (χ0n) is 18.9. The van der Waals surface area contributed by atoms with Gasteiger partial charge >= 0.3 is 179 Å². The molecular formula is C23H44O4Sn. The molecule has 0 saturated carbocycles. The minimum absolute atomic E-state index is 0.276. The van der Waals surface area contributed by atoms with Gasteiger partial charge in [0.1, 0.15) is 0 Å². The average Bonchev–Trinajstić information content (AvgIpc) is 2.68. The molecule has 164 valence electrons. The summed E-state index contributed by atoms with van der Waals surface area (Å²) in [6.45, 7) is 8.22. The summed E-state index contributed by atoms with van der Waals surface area (Å²) in [5.74, 6) is -0.553. The van der Waals surface area contributed by atoms with Gasteiger partial charge in [-0.05, 0) is 0 Å². The number of hydrogen-bond acceptors (Lipinski definition) is 4. The molecule has 4 nitrogen and oxygen atoms in total. The van der Waals surface area contributed by atoms with Crippen LogP contribution in [0.3, 0.4) is 0 Å². The first kappa shape index (κ1) is 25.8. The van der Waals surface area contributed by atoms with Gasteiger partial charge in [0.15, 0.2) is 0 Å². The van der Waals surface area contributed by atoms with E-state index in [2.05, 4.69) is 13.8 Å². The Morgan fingerprint density at radius 3 is 1.32 bits per heavy atom. The third-order valence-corrected chi connectivity index (χ3v) is 15.9. The van der Waals surface area contributed by atoms with E-state index in [0.29, 0.717) is 12.8 Å². The van der Waals surface area contributed by atoms with Crippen molar-refractivity contribution in [1.29, 1.82) is 0 Å². The summed E-state index contributed by atoms with van der Waals surface area (Å²) >= 11 is -3.66. The molecule has 1 fully saturated rings. The van der Waals surface area contributed by atoms with Crippen LogP contribution in [0.2, 0.25) is 8.87 Å². The summed E-state index contributed by atoms with van der Waals surface area (Å²) < 4.78 is 13.9.